The van der Waals surface area contributed by atoms with Crippen molar-refractivity contribution in [3.63, 3.8) is 0 Å². The highest BCUT2D eigenvalue weighted by Crippen LogP contribution is 2.30. The molecule has 2 aromatic rings. The summed E-state index contributed by atoms with van der Waals surface area (Å²) in [7, 11) is 0. The number of nitrogens with zero attached hydrogens (tertiary/aromatic N) is 3. The number of pyridine rings is 1. The van der Waals surface area contributed by atoms with Gasteiger partial charge >= 0.3 is 12.1 Å². The molecule has 1 aromatic carbocycles. The number of carboxylic acid groups (broad SMARTS) is 1. The summed E-state index contributed by atoms with van der Waals surface area (Å²) in [4.78, 5) is 28.6. The maximum absolute atomic E-state index is 13.0. The highest BCUT2D eigenvalue weighted by molar-refractivity contribution is 5.84. The lowest BCUT2D eigenvalue weighted by atomic mass is 9.94. The molecule has 1 unspecified atom stereocenters. The SMILES string of the molecule is O=C(O)CC1Cc2ccc(OCCCN=c3ccccn3O)cc2CN(CC(F)(F)F)C1=O. The van der Waals surface area contributed by atoms with Crippen molar-refractivity contribution in [1.29, 1.82) is 0 Å². The Morgan fingerprint density at radius 2 is 2.00 bits per heavy atom. The zero-order valence-corrected chi connectivity index (χ0v) is 17.7. The molecule has 0 bridgehead atoms. The van der Waals surface area contributed by atoms with Crippen LogP contribution in [0.5, 0.6) is 5.75 Å². The smallest absolute Gasteiger partial charge is 0.406 e. The molecule has 1 atom stereocenters. The molecule has 2 heterocycles. The van der Waals surface area contributed by atoms with Gasteiger partial charge in [-0.2, -0.15) is 17.9 Å². The number of benzene rings is 1. The number of halogens is 3. The second-order valence-electron chi connectivity index (χ2n) is 7.73. The first-order valence-corrected chi connectivity index (χ1v) is 10.3. The predicted molar refractivity (Wildman–Crippen MR) is 110 cm³/mol. The third kappa shape index (κ3) is 6.99. The quantitative estimate of drug-likeness (QED) is 0.459. The van der Waals surface area contributed by atoms with Gasteiger partial charge < -0.3 is 20.0 Å². The van der Waals surface area contributed by atoms with Crippen LogP contribution in [0.4, 0.5) is 13.2 Å². The first-order chi connectivity index (χ1) is 15.6. The Morgan fingerprint density at radius 1 is 1.21 bits per heavy atom. The Labute approximate surface area is 187 Å². The lowest BCUT2D eigenvalue weighted by Crippen LogP contribution is -2.41. The van der Waals surface area contributed by atoms with Crippen molar-refractivity contribution < 1.29 is 37.8 Å². The number of rotatable bonds is 8. The number of amides is 1. The van der Waals surface area contributed by atoms with E-state index >= 15 is 0 Å². The van der Waals surface area contributed by atoms with Crippen molar-refractivity contribution in [1.82, 2.24) is 9.63 Å². The van der Waals surface area contributed by atoms with Crippen molar-refractivity contribution in [2.45, 2.75) is 32.0 Å². The molecule has 33 heavy (non-hydrogen) atoms. The summed E-state index contributed by atoms with van der Waals surface area (Å²) in [5.41, 5.74) is 1.51. The zero-order chi connectivity index (χ0) is 24.0. The van der Waals surface area contributed by atoms with E-state index in [4.69, 9.17) is 9.84 Å². The van der Waals surface area contributed by atoms with Crippen LogP contribution in [0.2, 0.25) is 0 Å². The van der Waals surface area contributed by atoms with Gasteiger partial charge in [0.15, 0.2) is 5.49 Å². The van der Waals surface area contributed by atoms with E-state index in [-0.39, 0.29) is 19.6 Å². The predicted octanol–water partition coefficient (Wildman–Crippen LogP) is 2.63. The minimum Gasteiger partial charge on any atom is -0.494 e. The molecule has 1 amide bonds. The number of hydrogen-bond donors (Lipinski definition) is 2. The number of aromatic nitrogens is 1. The zero-order valence-electron chi connectivity index (χ0n) is 17.7. The number of carbonyl (C=O) groups excluding carboxylic acids is 1. The van der Waals surface area contributed by atoms with Gasteiger partial charge in [0.1, 0.15) is 12.3 Å². The number of carboxylic acids is 1. The van der Waals surface area contributed by atoms with Crippen molar-refractivity contribution >= 4 is 11.9 Å². The number of hydrogen-bond acceptors (Lipinski definition) is 5. The summed E-state index contributed by atoms with van der Waals surface area (Å²) in [5.74, 6) is -2.69. The minimum absolute atomic E-state index is 0.0478. The average Bonchev–Trinajstić information content (AvgIpc) is 2.84. The molecular weight excluding hydrogens is 443 g/mol. The monoisotopic (exact) mass is 467 g/mol. The van der Waals surface area contributed by atoms with Gasteiger partial charge in [0, 0.05) is 25.7 Å². The fourth-order valence-corrected chi connectivity index (χ4v) is 3.65. The summed E-state index contributed by atoms with van der Waals surface area (Å²) < 4.78 is 45.6. The molecule has 0 aliphatic carbocycles. The van der Waals surface area contributed by atoms with Crippen molar-refractivity contribution in [2.24, 2.45) is 10.9 Å². The highest BCUT2D eigenvalue weighted by atomic mass is 19.4. The largest absolute Gasteiger partial charge is 0.494 e. The fourth-order valence-electron chi connectivity index (χ4n) is 3.65. The maximum atomic E-state index is 13.0. The Kier molecular flexibility index (Phi) is 7.62. The molecular formula is C22H24F3N3O5. The van der Waals surface area contributed by atoms with E-state index in [9.17, 15) is 28.0 Å². The molecule has 3 rings (SSSR count). The van der Waals surface area contributed by atoms with Gasteiger partial charge in [-0.05, 0) is 41.8 Å². The first-order valence-electron chi connectivity index (χ1n) is 10.3. The van der Waals surface area contributed by atoms with Gasteiger partial charge in [0.05, 0.1) is 18.9 Å². The van der Waals surface area contributed by atoms with Crippen LogP contribution in [-0.2, 0) is 22.6 Å². The number of fused-ring (bicyclic) bond motifs is 1. The van der Waals surface area contributed by atoms with E-state index in [0.29, 0.717) is 40.2 Å². The van der Waals surface area contributed by atoms with Gasteiger partial charge in [-0.15, -0.1) is 0 Å². The van der Waals surface area contributed by atoms with Gasteiger partial charge in [-0.1, -0.05) is 12.1 Å². The fraction of sp³-hybridized carbons (Fsp3) is 0.409. The van der Waals surface area contributed by atoms with Gasteiger partial charge in [-0.3, -0.25) is 14.6 Å². The Hall–Kier alpha value is -3.50. The van der Waals surface area contributed by atoms with Crippen LogP contribution in [-0.4, -0.2) is 57.7 Å². The number of alkyl halides is 3. The van der Waals surface area contributed by atoms with Crippen molar-refractivity contribution in [3.05, 3.63) is 59.2 Å². The van der Waals surface area contributed by atoms with E-state index in [2.05, 4.69) is 4.99 Å². The normalized spacial score (nSPS) is 16.9. The van der Waals surface area contributed by atoms with Gasteiger partial charge in [-0.25, -0.2) is 0 Å². The Morgan fingerprint density at radius 3 is 2.70 bits per heavy atom. The van der Waals surface area contributed by atoms with E-state index in [0.717, 1.165) is 4.73 Å². The van der Waals surface area contributed by atoms with E-state index in [1.807, 2.05) is 0 Å². The molecule has 11 heteroatoms. The summed E-state index contributed by atoms with van der Waals surface area (Å²) in [6, 6.07) is 9.95. The second-order valence-corrected chi connectivity index (χ2v) is 7.73. The molecule has 2 N–H and O–H groups in total. The number of ether oxygens (including phenoxy) is 1. The molecule has 0 saturated carbocycles. The molecule has 0 spiro atoms. The molecule has 1 aromatic heterocycles. The summed E-state index contributed by atoms with van der Waals surface area (Å²) in [5, 5.41) is 18.7. The third-order valence-electron chi connectivity index (χ3n) is 5.12. The van der Waals surface area contributed by atoms with Crippen LogP contribution in [0.25, 0.3) is 0 Å². The summed E-state index contributed by atoms with van der Waals surface area (Å²) in [6.45, 7) is -1.05. The molecule has 0 fully saturated rings. The van der Waals surface area contributed by atoms with Crippen LogP contribution in [0, 0.1) is 5.92 Å². The standard InChI is InChI=1S/C22H24F3N3O5/c23-22(24,25)14-27-13-17-11-18(6-5-15(17)10-16(21(27)31)12-20(29)30)33-9-3-7-26-19-4-1-2-8-28(19)32/h1-2,4-6,8,11,16,32H,3,7,9-10,12-14H2,(H,29,30). The maximum Gasteiger partial charge on any atom is 0.406 e. The van der Waals surface area contributed by atoms with E-state index in [1.165, 1.54) is 6.20 Å². The van der Waals surface area contributed by atoms with E-state index < -0.39 is 36.9 Å². The Bertz CT molecular complexity index is 1070. The van der Waals surface area contributed by atoms with Gasteiger partial charge in [0.25, 0.3) is 0 Å². The van der Waals surface area contributed by atoms with Crippen molar-refractivity contribution in [2.75, 3.05) is 19.7 Å². The average molecular weight is 467 g/mol. The molecule has 178 valence electrons. The minimum atomic E-state index is -4.60. The van der Waals surface area contributed by atoms with Crippen LogP contribution in [0.3, 0.4) is 0 Å². The van der Waals surface area contributed by atoms with E-state index in [1.54, 1.807) is 36.4 Å². The van der Waals surface area contributed by atoms with Crippen LogP contribution in [0.1, 0.15) is 24.0 Å². The van der Waals surface area contributed by atoms with Gasteiger partial charge in [0.2, 0.25) is 5.91 Å². The van der Waals surface area contributed by atoms with Crippen LogP contribution >= 0.6 is 0 Å². The highest BCUT2D eigenvalue weighted by Gasteiger charge is 2.38. The van der Waals surface area contributed by atoms with Crippen LogP contribution in [0.15, 0.2) is 47.6 Å². The lowest BCUT2D eigenvalue weighted by Gasteiger charge is -2.25. The first kappa shape index (κ1) is 24.1. The summed E-state index contributed by atoms with van der Waals surface area (Å²) >= 11 is 0. The van der Waals surface area contributed by atoms with Crippen molar-refractivity contribution in [3.8, 4) is 5.75 Å². The number of carbonyl (C=O) groups is 2. The molecule has 8 nitrogen and oxygen atoms in total. The number of aliphatic carboxylic acids is 1. The second kappa shape index (κ2) is 10.4. The third-order valence-corrected chi connectivity index (χ3v) is 5.12. The molecule has 0 radical (unpaired) electrons. The summed E-state index contributed by atoms with van der Waals surface area (Å²) in [6.07, 6.45) is -3.10. The van der Waals surface area contributed by atoms with Crippen LogP contribution < -0.4 is 10.2 Å². The molecule has 0 saturated heterocycles. The topological polar surface area (TPSA) is 104 Å². The lowest BCUT2D eigenvalue weighted by molar-refractivity contribution is -0.165. The Balaban J connectivity index is 1.69. The molecule has 1 aliphatic rings. The molecule has 1 aliphatic heterocycles.